The molecule has 1 amide bonds. The maximum absolute atomic E-state index is 13.2. The van der Waals surface area contributed by atoms with Gasteiger partial charge in [0.25, 0.3) is 5.91 Å². The molecule has 0 saturated heterocycles. The Labute approximate surface area is 193 Å². The van der Waals surface area contributed by atoms with Crippen LogP contribution in [-0.4, -0.2) is 12.1 Å². The monoisotopic (exact) mass is 504 g/mol. The molecule has 158 valence electrons. The third-order valence-corrected chi connectivity index (χ3v) is 8.33. The minimum atomic E-state index is -0.0716. The number of fused-ring (bicyclic) bond motifs is 1. The zero-order valence-electron chi connectivity index (χ0n) is 17.3. The van der Waals surface area contributed by atoms with Crippen molar-refractivity contribution in [1.29, 1.82) is 0 Å². The second kappa shape index (κ2) is 8.81. The first kappa shape index (κ1) is 21.5. The summed E-state index contributed by atoms with van der Waals surface area (Å²) < 4.78 is 6.43. The van der Waals surface area contributed by atoms with E-state index in [1.807, 2.05) is 30.5 Å². The second-order valence-electron chi connectivity index (χ2n) is 8.65. The highest BCUT2D eigenvalue weighted by Crippen LogP contribution is 2.45. The lowest BCUT2D eigenvalue weighted by Gasteiger charge is -2.33. The molecule has 0 spiro atoms. The fraction of sp³-hybridized carbons (Fsp3) is 0.391. The Morgan fingerprint density at radius 1 is 1.33 bits per heavy atom. The number of nitrogens with one attached hydrogen (secondary N) is 1. The molecule has 3 aromatic rings. The van der Waals surface area contributed by atoms with Gasteiger partial charge in [-0.05, 0) is 76.4 Å². The minimum absolute atomic E-state index is 0.0716. The number of furan rings is 1. The van der Waals surface area contributed by atoms with E-state index in [0.717, 1.165) is 44.3 Å². The lowest BCUT2D eigenvalue weighted by molar-refractivity contribution is 0.0947. The number of halogens is 1. The van der Waals surface area contributed by atoms with Crippen molar-refractivity contribution in [2.45, 2.75) is 46.6 Å². The molecule has 0 aromatic carbocycles. The average molecular weight is 506 g/mol. The largest absolute Gasteiger partial charge is 0.467 e. The molecule has 4 rings (SSSR count). The highest BCUT2D eigenvalue weighted by Gasteiger charge is 2.33. The van der Waals surface area contributed by atoms with Crippen molar-refractivity contribution in [3.63, 3.8) is 0 Å². The number of rotatable bonds is 5. The van der Waals surface area contributed by atoms with Crippen molar-refractivity contribution >= 4 is 55.7 Å². The molecular weight excluding hydrogens is 480 g/mol. The van der Waals surface area contributed by atoms with Gasteiger partial charge >= 0.3 is 0 Å². The van der Waals surface area contributed by atoms with Gasteiger partial charge in [-0.3, -0.25) is 4.79 Å². The Morgan fingerprint density at radius 2 is 2.17 bits per heavy atom. The van der Waals surface area contributed by atoms with Crippen LogP contribution in [0.1, 0.15) is 58.6 Å². The maximum Gasteiger partial charge on any atom is 0.255 e. The van der Waals surface area contributed by atoms with E-state index in [1.54, 1.807) is 28.9 Å². The number of amides is 1. The summed E-state index contributed by atoms with van der Waals surface area (Å²) in [6, 6.07) is 7.73. The molecule has 0 saturated carbocycles. The van der Waals surface area contributed by atoms with Crippen LogP contribution in [-0.2, 0) is 19.4 Å². The van der Waals surface area contributed by atoms with Gasteiger partial charge in [-0.25, -0.2) is 4.99 Å². The first-order valence-corrected chi connectivity index (χ1v) is 12.5. The number of hydrogen-bond donors (Lipinski definition) is 1. The van der Waals surface area contributed by atoms with Gasteiger partial charge in [0.05, 0.1) is 22.2 Å². The molecule has 3 heterocycles. The zero-order chi connectivity index (χ0) is 21.3. The quantitative estimate of drug-likeness (QED) is 0.380. The predicted octanol–water partition coefficient (Wildman–Crippen LogP) is 7.00. The third kappa shape index (κ3) is 4.79. The summed E-state index contributed by atoms with van der Waals surface area (Å²) in [7, 11) is 0. The van der Waals surface area contributed by atoms with Crippen molar-refractivity contribution in [2.24, 2.45) is 16.3 Å². The first-order chi connectivity index (χ1) is 14.3. The molecule has 1 aliphatic carbocycles. The van der Waals surface area contributed by atoms with Gasteiger partial charge in [0.1, 0.15) is 10.8 Å². The van der Waals surface area contributed by atoms with Crippen LogP contribution in [0.5, 0.6) is 0 Å². The van der Waals surface area contributed by atoms with Gasteiger partial charge in [0, 0.05) is 16.0 Å². The minimum Gasteiger partial charge on any atom is -0.467 e. The normalized spacial score (nSPS) is 16.7. The molecule has 7 heteroatoms. The van der Waals surface area contributed by atoms with Gasteiger partial charge < -0.3 is 9.73 Å². The van der Waals surface area contributed by atoms with Gasteiger partial charge in [-0.15, -0.1) is 22.7 Å². The van der Waals surface area contributed by atoms with E-state index in [2.05, 4.69) is 42.0 Å². The lowest BCUT2D eigenvalue weighted by atomic mass is 9.72. The molecule has 0 fully saturated rings. The van der Waals surface area contributed by atoms with Gasteiger partial charge in [0.15, 0.2) is 0 Å². The van der Waals surface area contributed by atoms with Gasteiger partial charge in [-0.2, -0.15) is 0 Å². The van der Waals surface area contributed by atoms with E-state index in [0.29, 0.717) is 12.5 Å². The molecule has 0 radical (unpaired) electrons. The van der Waals surface area contributed by atoms with E-state index in [9.17, 15) is 4.79 Å². The number of thiophene rings is 2. The van der Waals surface area contributed by atoms with Crippen LogP contribution in [0.15, 0.2) is 43.7 Å². The maximum atomic E-state index is 13.2. The van der Waals surface area contributed by atoms with Gasteiger partial charge in [-0.1, -0.05) is 20.8 Å². The van der Waals surface area contributed by atoms with Crippen LogP contribution >= 0.6 is 38.6 Å². The summed E-state index contributed by atoms with van der Waals surface area (Å²) >= 11 is 6.79. The summed E-state index contributed by atoms with van der Waals surface area (Å²) in [5.41, 5.74) is 2.17. The van der Waals surface area contributed by atoms with Gasteiger partial charge in [0.2, 0.25) is 0 Å². The SMILES string of the molecule is CC(C)(C)[C@@H]1CCc2c(sc(N=Cc3ccc(Br)s3)c2C(=O)NCc2ccco2)C1. The Morgan fingerprint density at radius 3 is 2.83 bits per heavy atom. The number of hydrogen-bond acceptors (Lipinski definition) is 5. The lowest BCUT2D eigenvalue weighted by Crippen LogP contribution is -2.28. The number of carbonyl (C=O) groups is 1. The smallest absolute Gasteiger partial charge is 0.255 e. The van der Waals surface area contributed by atoms with E-state index in [1.165, 1.54) is 10.4 Å². The summed E-state index contributed by atoms with van der Waals surface area (Å²) in [5.74, 6) is 1.29. The van der Waals surface area contributed by atoms with Crippen LogP contribution < -0.4 is 5.32 Å². The Kier molecular flexibility index (Phi) is 6.32. The van der Waals surface area contributed by atoms with E-state index in [4.69, 9.17) is 9.41 Å². The van der Waals surface area contributed by atoms with Crippen LogP contribution in [0, 0.1) is 11.3 Å². The van der Waals surface area contributed by atoms with Crippen molar-refractivity contribution in [3.05, 3.63) is 61.0 Å². The first-order valence-electron chi connectivity index (χ1n) is 10.1. The molecule has 30 heavy (non-hydrogen) atoms. The number of carbonyl (C=O) groups excluding carboxylic acids is 1. The van der Waals surface area contributed by atoms with E-state index in [-0.39, 0.29) is 11.3 Å². The topological polar surface area (TPSA) is 54.6 Å². The molecule has 0 bridgehead atoms. The molecule has 4 nitrogen and oxygen atoms in total. The second-order valence-corrected chi connectivity index (χ2v) is 12.2. The fourth-order valence-corrected chi connectivity index (χ4v) is 6.39. The number of nitrogens with zero attached hydrogens (tertiary/aromatic N) is 1. The summed E-state index contributed by atoms with van der Waals surface area (Å²) in [6.07, 6.45) is 6.53. The van der Waals surface area contributed by atoms with Crippen molar-refractivity contribution in [2.75, 3.05) is 0 Å². The highest BCUT2D eigenvalue weighted by molar-refractivity contribution is 9.11. The van der Waals surface area contributed by atoms with E-state index < -0.39 is 0 Å². The van der Waals surface area contributed by atoms with Crippen molar-refractivity contribution < 1.29 is 9.21 Å². The Hall–Kier alpha value is -1.70. The number of aliphatic imine (C=N–C) groups is 1. The summed E-state index contributed by atoms with van der Waals surface area (Å²) in [6.45, 7) is 7.30. The Bertz CT molecular complexity index is 1060. The van der Waals surface area contributed by atoms with Crippen LogP contribution in [0.3, 0.4) is 0 Å². The molecule has 1 aliphatic rings. The molecule has 0 unspecified atom stereocenters. The third-order valence-electron chi connectivity index (χ3n) is 5.60. The zero-order valence-corrected chi connectivity index (χ0v) is 20.5. The fourth-order valence-electron chi connectivity index (χ4n) is 3.82. The predicted molar refractivity (Wildman–Crippen MR) is 128 cm³/mol. The Balaban J connectivity index is 1.64. The molecule has 1 atom stereocenters. The van der Waals surface area contributed by atoms with Crippen molar-refractivity contribution in [3.8, 4) is 0 Å². The molecule has 0 aliphatic heterocycles. The molecule has 1 N–H and O–H groups in total. The standard InChI is InChI=1S/C23H25BrN2O2S2/c1-23(2,3)14-6-8-17-18(11-14)30-22(26-13-16-7-9-19(24)29-16)20(17)21(27)25-12-15-5-4-10-28-15/h4-5,7,9-10,13-14H,6,8,11-12H2,1-3H3,(H,25,27)/t14-/m1/s1. The summed E-state index contributed by atoms with van der Waals surface area (Å²) in [4.78, 5) is 20.3. The molecular formula is C23H25BrN2O2S2. The van der Waals surface area contributed by atoms with Crippen LogP contribution in [0.25, 0.3) is 0 Å². The van der Waals surface area contributed by atoms with Crippen LogP contribution in [0.4, 0.5) is 5.00 Å². The molecule has 3 aromatic heterocycles. The average Bonchev–Trinajstić information content (AvgIpc) is 3.42. The van der Waals surface area contributed by atoms with Crippen LogP contribution in [0.2, 0.25) is 0 Å². The van der Waals surface area contributed by atoms with E-state index >= 15 is 0 Å². The van der Waals surface area contributed by atoms with Crippen molar-refractivity contribution in [1.82, 2.24) is 5.32 Å². The highest BCUT2D eigenvalue weighted by atomic mass is 79.9. The summed E-state index contributed by atoms with van der Waals surface area (Å²) in [5, 5.41) is 3.82.